The fraction of sp³-hybridized carbons (Fsp3) is 0.278. The SMILES string of the molecule is CCc1cc(C(=O)Nc2ccnc3[nH]ncc23)ccc1C(C)(C)N. The number of H-pyrrole nitrogens is 1. The van der Waals surface area contributed by atoms with Crippen LogP contribution in [0.3, 0.4) is 0 Å². The summed E-state index contributed by atoms with van der Waals surface area (Å²) in [5, 5.41) is 10.4. The summed E-state index contributed by atoms with van der Waals surface area (Å²) in [6, 6.07) is 7.42. The van der Waals surface area contributed by atoms with Crippen molar-refractivity contribution >= 4 is 22.6 Å². The van der Waals surface area contributed by atoms with Crippen molar-refractivity contribution in [1.82, 2.24) is 15.2 Å². The first-order valence-electron chi connectivity index (χ1n) is 7.92. The zero-order valence-electron chi connectivity index (χ0n) is 14.1. The molecule has 1 amide bonds. The summed E-state index contributed by atoms with van der Waals surface area (Å²) < 4.78 is 0. The summed E-state index contributed by atoms with van der Waals surface area (Å²) in [6.07, 6.45) is 4.10. The maximum atomic E-state index is 12.6. The zero-order valence-corrected chi connectivity index (χ0v) is 14.1. The van der Waals surface area contributed by atoms with Crippen LogP contribution in [-0.4, -0.2) is 21.1 Å². The van der Waals surface area contributed by atoms with E-state index in [1.807, 2.05) is 32.0 Å². The lowest BCUT2D eigenvalue weighted by Crippen LogP contribution is -2.30. The van der Waals surface area contributed by atoms with Crippen LogP contribution in [0.5, 0.6) is 0 Å². The van der Waals surface area contributed by atoms with E-state index in [0.29, 0.717) is 16.9 Å². The van der Waals surface area contributed by atoms with Gasteiger partial charge in [-0.05, 0) is 49.6 Å². The van der Waals surface area contributed by atoms with Gasteiger partial charge in [0.15, 0.2) is 5.65 Å². The van der Waals surface area contributed by atoms with Gasteiger partial charge in [0.1, 0.15) is 0 Å². The molecule has 6 nitrogen and oxygen atoms in total. The monoisotopic (exact) mass is 323 g/mol. The first-order valence-corrected chi connectivity index (χ1v) is 7.92. The molecule has 0 saturated carbocycles. The fourth-order valence-corrected chi connectivity index (χ4v) is 2.81. The number of nitrogens with zero attached hydrogens (tertiary/aromatic N) is 2. The molecule has 0 aliphatic heterocycles. The number of nitrogens with two attached hydrogens (primary N) is 1. The van der Waals surface area contributed by atoms with Gasteiger partial charge in [0.25, 0.3) is 5.91 Å². The highest BCUT2D eigenvalue weighted by Crippen LogP contribution is 2.24. The van der Waals surface area contributed by atoms with Crippen molar-refractivity contribution in [2.45, 2.75) is 32.7 Å². The van der Waals surface area contributed by atoms with Gasteiger partial charge in [-0.25, -0.2) is 4.98 Å². The summed E-state index contributed by atoms with van der Waals surface area (Å²) in [6.45, 7) is 5.99. The molecule has 0 aliphatic carbocycles. The standard InChI is InChI=1S/C18H21N5O/c1-4-11-9-12(5-6-14(11)18(2,3)19)17(24)22-15-7-8-20-16-13(15)10-21-23-16/h5-10H,4,19H2,1-3H3,(H2,20,21,22,23,24). The number of hydrogen-bond acceptors (Lipinski definition) is 4. The number of anilines is 1. The highest BCUT2D eigenvalue weighted by atomic mass is 16.1. The van der Waals surface area contributed by atoms with Crippen molar-refractivity contribution in [3.8, 4) is 0 Å². The van der Waals surface area contributed by atoms with Crippen molar-refractivity contribution in [3.05, 3.63) is 53.3 Å². The minimum absolute atomic E-state index is 0.167. The van der Waals surface area contributed by atoms with Gasteiger partial charge in [-0.2, -0.15) is 5.10 Å². The van der Waals surface area contributed by atoms with Gasteiger partial charge in [-0.15, -0.1) is 0 Å². The number of benzene rings is 1. The van der Waals surface area contributed by atoms with E-state index < -0.39 is 5.54 Å². The molecule has 0 aliphatic rings. The van der Waals surface area contributed by atoms with Crippen LogP contribution in [0.1, 0.15) is 42.3 Å². The number of aromatic nitrogens is 3. The van der Waals surface area contributed by atoms with E-state index in [-0.39, 0.29) is 5.91 Å². The van der Waals surface area contributed by atoms with E-state index in [0.717, 1.165) is 22.9 Å². The predicted octanol–water partition coefficient (Wildman–Crippen LogP) is 2.97. The van der Waals surface area contributed by atoms with Crippen LogP contribution >= 0.6 is 0 Å². The molecule has 2 heterocycles. The van der Waals surface area contributed by atoms with Crippen LogP contribution in [0, 0.1) is 0 Å². The van der Waals surface area contributed by atoms with E-state index in [4.69, 9.17) is 5.73 Å². The molecule has 4 N–H and O–H groups in total. The second-order valence-electron chi connectivity index (χ2n) is 6.39. The van der Waals surface area contributed by atoms with E-state index in [9.17, 15) is 4.79 Å². The molecule has 1 aromatic carbocycles. The Labute approximate surface area is 140 Å². The van der Waals surface area contributed by atoms with E-state index in [1.165, 1.54) is 0 Å². The Kier molecular flexibility index (Phi) is 4.07. The second-order valence-corrected chi connectivity index (χ2v) is 6.39. The molecule has 24 heavy (non-hydrogen) atoms. The maximum absolute atomic E-state index is 12.6. The minimum Gasteiger partial charge on any atom is -0.322 e. The summed E-state index contributed by atoms with van der Waals surface area (Å²) >= 11 is 0. The second kappa shape index (κ2) is 6.05. The van der Waals surface area contributed by atoms with Gasteiger partial charge < -0.3 is 11.1 Å². The van der Waals surface area contributed by atoms with E-state index in [2.05, 4.69) is 27.4 Å². The molecule has 2 aromatic heterocycles. The fourth-order valence-electron chi connectivity index (χ4n) is 2.81. The molecular weight excluding hydrogens is 302 g/mol. The van der Waals surface area contributed by atoms with Gasteiger partial charge in [0.2, 0.25) is 0 Å². The predicted molar refractivity (Wildman–Crippen MR) is 94.9 cm³/mol. The van der Waals surface area contributed by atoms with Crippen LogP contribution in [0.4, 0.5) is 5.69 Å². The van der Waals surface area contributed by atoms with Gasteiger partial charge in [0.05, 0.1) is 17.3 Å². The molecule has 6 heteroatoms. The number of aromatic amines is 1. The third kappa shape index (κ3) is 3.00. The molecule has 0 spiro atoms. The zero-order chi connectivity index (χ0) is 17.3. The van der Waals surface area contributed by atoms with E-state index in [1.54, 1.807) is 18.5 Å². The van der Waals surface area contributed by atoms with Crippen LogP contribution in [0.2, 0.25) is 0 Å². The lowest BCUT2D eigenvalue weighted by Gasteiger charge is -2.23. The Bertz CT molecular complexity index is 892. The number of fused-ring (bicyclic) bond motifs is 1. The Hall–Kier alpha value is -2.73. The molecule has 0 bridgehead atoms. The topological polar surface area (TPSA) is 96.7 Å². The number of carbonyl (C=O) groups is 1. The molecule has 3 aromatic rings. The average Bonchev–Trinajstić information content (AvgIpc) is 3.03. The van der Waals surface area contributed by atoms with Crippen molar-refractivity contribution in [3.63, 3.8) is 0 Å². The first-order chi connectivity index (χ1) is 11.4. The van der Waals surface area contributed by atoms with Crippen molar-refractivity contribution < 1.29 is 4.79 Å². The summed E-state index contributed by atoms with van der Waals surface area (Å²) in [5.41, 5.74) is 9.85. The largest absolute Gasteiger partial charge is 0.322 e. The molecule has 0 saturated heterocycles. The quantitative estimate of drug-likeness (QED) is 0.687. The first kappa shape index (κ1) is 16.1. The summed E-state index contributed by atoms with van der Waals surface area (Å²) in [5.74, 6) is -0.167. The van der Waals surface area contributed by atoms with Gasteiger partial charge in [0, 0.05) is 17.3 Å². The Morgan fingerprint density at radius 3 is 2.83 bits per heavy atom. The molecule has 0 atom stereocenters. The molecule has 0 fully saturated rings. The number of hydrogen-bond donors (Lipinski definition) is 3. The Morgan fingerprint density at radius 2 is 2.12 bits per heavy atom. The third-order valence-electron chi connectivity index (χ3n) is 4.04. The smallest absolute Gasteiger partial charge is 0.255 e. The van der Waals surface area contributed by atoms with Crippen LogP contribution < -0.4 is 11.1 Å². The Balaban J connectivity index is 1.92. The molecule has 0 radical (unpaired) electrons. The van der Waals surface area contributed by atoms with Crippen LogP contribution in [0.15, 0.2) is 36.7 Å². The minimum atomic E-state index is -0.436. The number of pyridine rings is 1. The summed E-state index contributed by atoms with van der Waals surface area (Å²) in [7, 11) is 0. The Morgan fingerprint density at radius 1 is 1.33 bits per heavy atom. The average molecular weight is 323 g/mol. The molecule has 124 valence electrons. The van der Waals surface area contributed by atoms with Crippen LogP contribution in [0.25, 0.3) is 11.0 Å². The third-order valence-corrected chi connectivity index (χ3v) is 4.04. The van der Waals surface area contributed by atoms with Gasteiger partial charge >= 0.3 is 0 Å². The number of carbonyl (C=O) groups excluding carboxylic acids is 1. The normalized spacial score (nSPS) is 11.7. The lowest BCUT2D eigenvalue weighted by molar-refractivity contribution is 0.102. The number of amides is 1. The molecule has 3 rings (SSSR count). The highest BCUT2D eigenvalue weighted by molar-refractivity contribution is 6.08. The van der Waals surface area contributed by atoms with E-state index >= 15 is 0 Å². The van der Waals surface area contributed by atoms with Crippen molar-refractivity contribution in [2.75, 3.05) is 5.32 Å². The highest BCUT2D eigenvalue weighted by Gasteiger charge is 2.19. The van der Waals surface area contributed by atoms with Crippen LogP contribution in [-0.2, 0) is 12.0 Å². The lowest BCUT2D eigenvalue weighted by atomic mass is 9.88. The number of nitrogens with one attached hydrogen (secondary N) is 2. The van der Waals surface area contributed by atoms with Gasteiger partial charge in [-0.1, -0.05) is 13.0 Å². The number of aryl methyl sites for hydroxylation is 1. The molecular formula is C18H21N5O. The number of rotatable bonds is 4. The van der Waals surface area contributed by atoms with Gasteiger partial charge in [-0.3, -0.25) is 9.89 Å². The molecule has 0 unspecified atom stereocenters. The van der Waals surface area contributed by atoms with Crippen molar-refractivity contribution in [1.29, 1.82) is 0 Å². The summed E-state index contributed by atoms with van der Waals surface area (Å²) in [4.78, 5) is 16.8. The maximum Gasteiger partial charge on any atom is 0.255 e. The van der Waals surface area contributed by atoms with Crippen molar-refractivity contribution in [2.24, 2.45) is 5.73 Å².